The summed E-state index contributed by atoms with van der Waals surface area (Å²) < 4.78 is 0. The van der Waals surface area contributed by atoms with Crippen molar-refractivity contribution in [2.75, 3.05) is 5.73 Å². The van der Waals surface area contributed by atoms with Gasteiger partial charge in [-0.25, -0.2) is 0 Å². The molecule has 0 bridgehead atoms. The summed E-state index contributed by atoms with van der Waals surface area (Å²) in [5.41, 5.74) is 11.8. The van der Waals surface area contributed by atoms with Crippen LogP contribution in [0.5, 0.6) is 0 Å². The molecule has 0 amide bonds. The number of anilines is 1. The summed E-state index contributed by atoms with van der Waals surface area (Å²) in [6.45, 7) is 3.94. The maximum absolute atomic E-state index is 9.41. The Hall–Kier alpha value is -2.80. The Labute approximate surface area is 123 Å². The summed E-state index contributed by atoms with van der Waals surface area (Å²) in [6, 6.07) is 10.1. The fourth-order valence-electron chi connectivity index (χ4n) is 2.60. The highest BCUT2D eigenvalue weighted by Crippen LogP contribution is 2.31. The first-order chi connectivity index (χ1) is 10.2. The zero-order valence-corrected chi connectivity index (χ0v) is 12.1. The molecule has 2 heterocycles. The number of fused-ring (bicyclic) bond motifs is 1. The number of hydrogen-bond donors (Lipinski definition) is 2. The average molecular weight is 276 g/mol. The molecule has 3 rings (SSSR count). The Morgan fingerprint density at radius 1 is 1.29 bits per heavy atom. The predicted octanol–water partition coefficient (Wildman–Crippen LogP) is 3.55. The lowest BCUT2D eigenvalue weighted by atomic mass is 10.0. The molecule has 0 unspecified atom stereocenters. The lowest BCUT2D eigenvalue weighted by Gasteiger charge is -2.05. The first-order valence-corrected chi connectivity index (χ1v) is 6.92. The van der Waals surface area contributed by atoms with Gasteiger partial charge in [0.05, 0.1) is 28.2 Å². The van der Waals surface area contributed by atoms with Gasteiger partial charge in [0, 0.05) is 17.1 Å². The molecule has 104 valence electrons. The molecule has 0 fully saturated rings. The second kappa shape index (κ2) is 4.95. The number of aryl methyl sites for hydroxylation is 2. The van der Waals surface area contributed by atoms with E-state index in [0.29, 0.717) is 11.3 Å². The Morgan fingerprint density at radius 2 is 2.10 bits per heavy atom. The third-order valence-corrected chi connectivity index (χ3v) is 3.84. The topological polar surface area (TPSA) is 78.5 Å². The van der Waals surface area contributed by atoms with Gasteiger partial charge in [-0.2, -0.15) is 5.26 Å². The first-order valence-electron chi connectivity index (χ1n) is 6.92. The molecule has 0 atom stereocenters. The Morgan fingerprint density at radius 3 is 2.76 bits per heavy atom. The van der Waals surface area contributed by atoms with Crippen molar-refractivity contribution in [3.05, 3.63) is 47.3 Å². The Bertz CT molecular complexity index is 868. The quantitative estimate of drug-likeness (QED) is 0.751. The van der Waals surface area contributed by atoms with Gasteiger partial charge >= 0.3 is 0 Å². The highest BCUT2D eigenvalue weighted by Gasteiger charge is 2.13. The van der Waals surface area contributed by atoms with E-state index in [4.69, 9.17) is 5.73 Å². The molecule has 3 N–H and O–H groups in total. The summed E-state index contributed by atoms with van der Waals surface area (Å²) in [5, 5.41) is 10.4. The number of aromatic nitrogens is 2. The van der Waals surface area contributed by atoms with Crippen molar-refractivity contribution in [3.8, 4) is 17.3 Å². The normalized spacial score (nSPS) is 10.7. The SMILES string of the molecule is CCc1ccc2c(-c3ccc(N)c(C)n3)c[nH]c2c1C#N. The number of nitrogens with zero attached hydrogens (tertiary/aromatic N) is 2. The zero-order chi connectivity index (χ0) is 15.0. The van der Waals surface area contributed by atoms with Crippen molar-refractivity contribution in [1.82, 2.24) is 9.97 Å². The van der Waals surface area contributed by atoms with Crippen molar-refractivity contribution in [2.45, 2.75) is 20.3 Å². The Kier molecular flexibility index (Phi) is 3.11. The monoisotopic (exact) mass is 276 g/mol. The number of hydrogen-bond acceptors (Lipinski definition) is 3. The maximum Gasteiger partial charge on any atom is 0.102 e. The van der Waals surface area contributed by atoms with Crippen LogP contribution in [-0.2, 0) is 6.42 Å². The van der Waals surface area contributed by atoms with Gasteiger partial charge in [-0.1, -0.05) is 19.1 Å². The maximum atomic E-state index is 9.41. The number of benzene rings is 1. The summed E-state index contributed by atoms with van der Waals surface area (Å²) in [7, 11) is 0. The molecule has 0 radical (unpaired) electrons. The average Bonchev–Trinajstić information content (AvgIpc) is 2.92. The van der Waals surface area contributed by atoms with Crippen molar-refractivity contribution >= 4 is 16.6 Å². The standard InChI is InChI=1S/C17H16N4/c1-3-11-4-5-12-14(9-20-17(12)13(11)8-18)16-7-6-15(19)10(2)21-16/h4-7,9,20H,3,19H2,1-2H3. The summed E-state index contributed by atoms with van der Waals surface area (Å²) >= 11 is 0. The number of nitrogens with two attached hydrogens (primary N) is 1. The van der Waals surface area contributed by atoms with Gasteiger partial charge in [0.25, 0.3) is 0 Å². The summed E-state index contributed by atoms with van der Waals surface area (Å²) in [5.74, 6) is 0. The molecule has 0 aliphatic rings. The van der Waals surface area contributed by atoms with Crippen LogP contribution in [0.15, 0.2) is 30.5 Å². The van der Waals surface area contributed by atoms with Gasteiger partial charge in [0.2, 0.25) is 0 Å². The molecule has 21 heavy (non-hydrogen) atoms. The lowest BCUT2D eigenvalue weighted by Crippen LogP contribution is -1.94. The van der Waals surface area contributed by atoms with Gasteiger partial charge in [-0.3, -0.25) is 4.98 Å². The lowest BCUT2D eigenvalue weighted by molar-refractivity contribution is 1.13. The van der Waals surface area contributed by atoms with Crippen LogP contribution in [0.25, 0.3) is 22.2 Å². The molecular weight excluding hydrogens is 260 g/mol. The van der Waals surface area contributed by atoms with Gasteiger partial charge in [0.1, 0.15) is 6.07 Å². The van der Waals surface area contributed by atoms with E-state index in [2.05, 4.69) is 23.0 Å². The van der Waals surface area contributed by atoms with E-state index < -0.39 is 0 Å². The van der Waals surface area contributed by atoms with E-state index >= 15 is 0 Å². The van der Waals surface area contributed by atoms with Crippen molar-refractivity contribution in [2.24, 2.45) is 0 Å². The van der Waals surface area contributed by atoms with Crippen LogP contribution in [0.3, 0.4) is 0 Å². The van der Waals surface area contributed by atoms with E-state index in [1.54, 1.807) is 0 Å². The van der Waals surface area contributed by atoms with Crippen LogP contribution in [0.1, 0.15) is 23.7 Å². The van der Waals surface area contributed by atoms with Crippen molar-refractivity contribution < 1.29 is 0 Å². The van der Waals surface area contributed by atoms with Gasteiger partial charge in [-0.15, -0.1) is 0 Å². The summed E-state index contributed by atoms with van der Waals surface area (Å²) in [6.07, 6.45) is 2.75. The fourth-order valence-corrected chi connectivity index (χ4v) is 2.60. The van der Waals surface area contributed by atoms with Gasteiger partial charge in [0.15, 0.2) is 0 Å². The van der Waals surface area contributed by atoms with Crippen LogP contribution in [0.4, 0.5) is 5.69 Å². The number of nitrogen functional groups attached to an aromatic ring is 1. The second-order valence-corrected chi connectivity index (χ2v) is 5.06. The van der Waals surface area contributed by atoms with Crippen LogP contribution >= 0.6 is 0 Å². The largest absolute Gasteiger partial charge is 0.397 e. The third kappa shape index (κ3) is 2.03. The molecule has 4 heteroatoms. The smallest absolute Gasteiger partial charge is 0.102 e. The van der Waals surface area contributed by atoms with E-state index in [-0.39, 0.29) is 0 Å². The third-order valence-electron chi connectivity index (χ3n) is 3.84. The molecule has 0 spiro atoms. The van der Waals surface area contributed by atoms with E-state index in [0.717, 1.165) is 39.8 Å². The molecule has 1 aromatic carbocycles. The van der Waals surface area contributed by atoms with Crippen LogP contribution in [-0.4, -0.2) is 9.97 Å². The molecule has 0 saturated heterocycles. The number of H-pyrrole nitrogens is 1. The minimum Gasteiger partial charge on any atom is -0.397 e. The number of pyridine rings is 1. The van der Waals surface area contributed by atoms with E-state index in [9.17, 15) is 5.26 Å². The van der Waals surface area contributed by atoms with Gasteiger partial charge < -0.3 is 10.7 Å². The van der Waals surface area contributed by atoms with Crippen molar-refractivity contribution in [1.29, 1.82) is 5.26 Å². The Balaban J connectivity index is 2.26. The fraction of sp³-hybridized carbons (Fsp3) is 0.176. The minimum atomic E-state index is 0.685. The molecule has 0 aliphatic heterocycles. The predicted molar refractivity (Wildman–Crippen MR) is 84.8 cm³/mol. The molecule has 0 aliphatic carbocycles. The number of rotatable bonds is 2. The van der Waals surface area contributed by atoms with Crippen LogP contribution in [0, 0.1) is 18.3 Å². The zero-order valence-electron chi connectivity index (χ0n) is 12.1. The van der Waals surface area contributed by atoms with Crippen LogP contribution < -0.4 is 5.73 Å². The van der Waals surface area contributed by atoms with E-state index in [1.165, 1.54) is 0 Å². The highest BCUT2D eigenvalue weighted by molar-refractivity contribution is 5.98. The number of nitrogens with one attached hydrogen (secondary N) is 1. The molecule has 2 aromatic heterocycles. The molecular formula is C17H16N4. The molecule has 3 aromatic rings. The van der Waals surface area contributed by atoms with Crippen molar-refractivity contribution in [3.63, 3.8) is 0 Å². The summed E-state index contributed by atoms with van der Waals surface area (Å²) in [4.78, 5) is 7.76. The second-order valence-electron chi connectivity index (χ2n) is 5.06. The number of aromatic amines is 1. The highest BCUT2D eigenvalue weighted by atomic mass is 14.8. The number of nitriles is 1. The van der Waals surface area contributed by atoms with Crippen LogP contribution in [0.2, 0.25) is 0 Å². The van der Waals surface area contributed by atoms with E-state index in [1.807, 2.05) is 37.4 Å². The molecule has 0 saturated carbocycles. The first kappa shape index (κ1) is 13.2. The van der Waals surface area contributed by atoms with Gasteiger partial charge in [-0.05, 0) is 31.0 Å². The minimum absolute atomic E-state index is 0.685. The molecule has 4 nitrogen and oxygen atoms in total.